The van der Waals surface area contributed by atoms with Gasteiger partial charge >= 0.3 is 0 Å². The minimum Gasteiger partial charge on any atom is -0.494 e. The Balaban J connectivity index is 1.91. The smallest absolute Gasteiger partial charge is 0.247 e. The molecule has 0 spiro atoms. The zero-order chi connectivity index (χ0) is 27.0. The number of amides is 2. The Morgan fingerprint density at radius 2 is 1.81 bits per heavy atom. The third kappa shape index (κ3) is 7.99. The number of rotatable bonds is 11. The van der Waals surface area contributed by atoms with E-state index < -0.39 is 17.5 Å². The second-order valence-corrected chi connectivity index (χ2v) is 9.89. The van der Waals surface area contributed by atoms with Crippen molar-refractivity contribution in [2.75, 3.05) is 19.8 Å². The number of aliphatic hydroxyl groups is 1. The van der Waals surface area contributed by atoms with E-state index in [1.807, 2.05) is 27.7 Å². The summed E-state index contributed by atoms with van der Waals surface area (Å²) in [6.45, 7) is 7.80. The molecule has 11 heteroatoms. The molecule has 198 valence electrons. The van der Waals surface area contributed by atoms with E-state index in [2.05, 4.69) is 20.7 Å². The molecule has 0 saturated heterocycles. The van der Waals surface area contributed by atoms with E-state index in [4.69, 9.17) is 16.3 Å². The van der Waals surface area contributed by atoms with Crippen LogP contribution < -0.4 is 10.1 Å². The van der Waals surface area contributed by atoms with Gasteiger partial charge in [-0.15, -0.1) is 10.2 Å². The molecule has 10 nitrogen and oxygen atoms in total. The summed E-state index contributed by atoms with van der Waals surface area (Å²) < 4.78 is 5.53. The average molecular weight is 529 g/mol. The SMILES string of the molecule is CCOc1ccc(C(C(=O)NC(C)(C)C)N(CCCO)C(=O)Cn2nnc(-c3ccc(Cl)cc3)n2)cc1. The van der Waals surface area contributed by atoms with Crippen LogP contribution in [0.5, 0.6) is 5.75 Å². The molecule has 0 saturated carbocycles. The fourth-order valence-electron chi connectivity index (χ4n) is 3.70. The summed E-state index contributed by atoms with van der Waals surface area (Å²) in [5.41, 5.74) is 0.801. The Hall–Kier alpha value is -3.50. The molecule has 3 rings (SSSR count). The molecule has 0 aliphatic carbocycles. The Bertz CT molecular complexity index is 1180. The Morgan fingerprint density at radius 1 is 1.14 bits per heavy atom. The molecule has 0 fully saturated rings. The Labute approximate surface area is 221 Å². The van der Waals surface area contributed by atoms with Gasteiger partial charge in [-0.25, -0.2) is 0 Å². The number of tetrazole rings is 1. The van der Waals surface area contributed by atoms with Crippen LogP contribution in [0.3, 0.4) is 0 Å². The third-order valence-electron chi connectivity index (χ3n) is 5.27. The normalized spacial score (nSPS) is 12.2. The molecule has 3 aromatic rings. The molecule has 1 heterocycles. The number of ether oxygens (including phenoxy) is 1. The van der Waals surface area contributed by atoms with Gasteiger partial charge in [-0.2, -0.15) is 4.80 Å². The van der Waals surface area contributed by atoms with E-state index in [-0.39, 0.29) is 25.6 Å². The highest BCUT2D eigenvalue weighted by Crippen LogP contribution is 2.26. The maximum absolute atomic E-state index is 13.6. The van der Waals surface area contributed by atoms with Gasteiger partial charge in [0.25, 0.3) is 0 Å². The highest BCUT2D eigenvalue weighted by atomic mass is 35.5. The van der Waals surface area contributed by atoms with Gasteiger partial charge in [0.05, 0.1) is 6.61 Å². The minimum atomic E-state index is -0.937. The van der Waals surface area contributed by atoms with Crippen LogP contribution in [-0.2, 0) is 16.1 Å². The number of aromatic nitrogens is 4. The van der Waals surface area contributed by atoms with Crippen LogP contribution in [0.1, 0.15) is 45.7 Å². The molecule has 0 aliphatic heterocycles. The first-order valence-electron chi connectivity index (χ1n) is 12.1. The summed E-state index contributed by atoms with van der Waals surface area (Å²) in [6.07, 6.45) is 0.295. The molecule has 37 heavy (non-hydrogen) atoms. The van der Waals surface area contributed by atoms with Crippen LogP contribution in [0.15, 0.2) is 48.5 Å². The summed E-state index contributed by atoms with van der Waals surface area (Å²) in [7, 11) is 0. The number of hydrogen-bond acceptors (Lipinski definition) is 7. The van der Waals surface area contributed by atoms with E-state index in [1.165, 1.54) is 9.70 Å². The van der Waals surface area contributed by atoms with E-state index in [1.54, 1.807) is 48.5 Å². The second-order valence-electron chi connectivity index (χ2n) is 9.46. The first-order valence-corrected chi connectivity index (χ1v) is 12.5. The molecule has 2 amide bonds. The number of carbonyl (C=O) groups is 2. The Morgan fingerprint density at radius 3 is 2.41 bits per heavy atom. The Kier molecular flexibility index (Phi) is 9.60. The van der Waals surface area contributed by atoms with E-state index in [9.17, 15) is 14.7 Å². The van der Waals surface area contributed by atoms with Crippen molar-refractivity contribution >= 4 is 23.4 Å². The lowest BCUT2D eigenvalue weighted by atomic mass is 10.0. The fraction of sp³-hybridized carbons (Fsp3) is 0.423. The van der Waals surface area contributed by atoms with E-state index >= 15 is 0 Å². The summed E-state index contributed by atoms with van der Waals surface area (Å²) >= 11 is 5.95. The van der Waals surface area contributed by atoms with Gasteiger partial charge in [0.15, 0.2) is 0 Å². The number of aliphatic hydroxyl groups excluding tert-OH is 1. The van der Waals surface area contributed by atoms with Crippen molar-refractivity contribution in [3.63, 3.8) is 0 Å². The zero-order valence-corrected chi connectivity index (χ0v) is 22.3. The lowest BCUT2D eigenvalue weighted by Crippen LogP contribution is -2.50. The number of carbonyl (C=O) groups excluding carboxylic acids is 2. The van der Waals surface area contributed by atoms with Crippen LogP contribution in [0.2, 0.25) is 5.02 Å². The predicted molar refractivity (Wildman–Crippen MR) is 140 cm³/mol. The number of nitrogens with one attached hydrogen (secondary N) is 1. The van der Waals surface area contributed by atoms with Gasteiger partial charge in [-0.05, 0) is 81.3 Å². The minimum absolute atomic E-state index is 0.136. The van der Waals surface area contributed by atoms with Crippen molar-refractivity contribution in [3.05, 3.63) is 59.1 Å². The van der Waals surface area contributed by atoms with E-state index in [0.29, 0.717) is 40.8 Å². The molecular weight excluding hydrogens is 496 g/mol. The summed E-state index contributed by atoms with van der Waals surface area (Å²) in [5, 5.41) is 25.4. The van der Waals surface area contributed by atoms with Gasteiger partial charge in [0, 0.05) is 29.3 Å². The maximum atomic E-state index is 13.6. The van der Waals surface area contributed by atoms with Crippen LogP contribution in [0.25, 0.3) is 11.4 Å². The van der Waals surface area contributed by atoms with Crippen molar-refractivity contribution < 1.29 is 19.4 Å². The summed E-state index contributed by atoms with van der Waals surface area (Å²) in [4.78, 5) is 29.7. The lowest BCUT2D eigenvalue weighted by molar-refractivity contribution is -0.142. The molecule has 2 aromatic carbocycles. The number of halogens is 1. The highest BCUT2D eigenvalue weighted by Gasteiger charge is 2.33. The highest BCUT2D eigenvalue weighted by molar-refractivity contribution is 6.30. The predicted octanol–water partition coefficient (Wildman–Crippen LogP) is 3.26. The van der Waals surface area contributed by atoms with E-state index in [0.717, 1.165) is 0 Å². The van der Waals surface area contributed by atoms with Gasteiger partial charge in [-0.1, -0.05) is 23.7 Å². The van der Waals surface area contributed by atoms with Crippen LogP contribution >= 0.6 is 11.6 Å². The van der Waals surface area contributed by atoms with Crippen molar-refractivity contribution in [1.29, 1.82) is 0 Å². The van der Waals surface area contributed by atoms with Gasteiger partial charge in [-0.3, -0.25) is 9.59 Å². The summed E-state index contributed by atoms with van der Waals surface area (Å²) in [6, 6.07) is 13.1. The molecule has 0 radical (unpaired) electrons. The van der Waals surface area contributed by atoms with Gasteiger partial charge < -0.3 is 20.1 Å². The zero-order valence-electron chi connectivity index (χ0n) is 21.5. The molecule has 1 unspecified atom stereocenters. The molecule has 1 atom stereocenters. The number of hydrogen-bond donors (Lipinski definition) is 2. The summed E-state index contributed by atoms with van der Waals surface area (Å²) in [5.74, 6) is 0.281. The fourth-order valence-corrected chi connectivity index (χ4v) is 3.83. The second kappa shape index (κ2) is 12.6. The van der Waals surface area contributed by atoms with Crippen molar-refractivity contribution in [2.24, 2.45) is 0 Å². The quantitative estimate of drug-likeness (QED) is 0.391. The first kappa shape index (κ1) is 28.1. The number of nitrogens with zero attached hydrogens (tertiary/aromatic N) is 5. The van der Waals surface area contributed by atoms with Crippen molar-refractivity contribution in [2.45, 2.75) is 52.2 Å². The molecule has 0 bridgehead atoms. The molecule has 0 aliphatic rings. The van der Waals surface area contributed by atoms with Crippen molar-refractivity contribution in [3.8, 4) is 17.1 Å². The standard InChI is InChI=1S/C26H33ClN6O4/c1-5-37-21-13-9-18(10-14-21)23(25(36)28-26(2,3)4)32(15-6-16-34)22(35)17-33-30-24(29-31-33)19-7-11-20(27)12-8-19/h7-14,23,34H,5-6,15-17H2,1-4H3,(H,28,36). The molecule has 2 N–H and O–H groups in total. The largest absolute Gasteiger partial charge is 0.494 e. The third-order valence-corrected chi connectivity index (χ3v) is 5.53. The topological polar surface area (TPSA) is 122 Å². The van der Waals surface area contributed by atoms with Crippen LogP contribution in [0.4, 0.5) is 0 Å². The van der Waals surface area contributed by atoms with Crippen molar-refractivity contribution in [1.82, 2.24) is 30.4 Å². The lowest BCUT2D eigenvalue weighted by Gasteiger charge is -2.33. The monoisotopic (exact) mass is 528 g/mol. The molecule has 1 aromatic heterocycles. The van der Waals surface area contributed by atoms with Gasteiger partial charge in [0.1, 0.15) is 18.3 Å². The van der Waals surface area contributed by atoms with Crippen LogP contribution in [0, 0.1) is 0 Å². The van der Waals surface area contributed by atoms with Gasteiger partial charge in [0.2, 0.25) is 17.6 Å². The molecular formula is C26H33ClN6O4. The first-order chi connectivity index (χ1) is 17.6. The van der Waals surface area contributed by atoms with Crippen LogP contribution in [-0.4, -0.2) is 67.3 Å². The maximum Gasteiger partial charge on any atom is 0.247 e. The average Bonchev–Trinajstić information content (AvgIpc) is 3.30. The number of benzene rings is 2.